The van der Waals surface area contributed by atoms with Gasteiger partial charge in [0.2, 0.25) is 0 Å². The summed E-state index contributed by atoms with van der Waals surface area (Å²) in [5, 5.41) is 19.7. The van der Waals surface area contributed by atoms with Crippen LogP contribution < -0.4 is 5.32 Å². The van der Waals surface area contributed by atoms with E-state index in [1.54, 1.807) is 0 Å². The first-order valence-corrected chi connectivity index (χ1v) is 7.82. The smallest absolute Gasteiger partial charge is 0.337 e. The van der Waals surface area contributed by atoms with Gasteiger partial charge in [-0.15, -0.1) is 0 Å². The third-order valence-corrected chi connectivity index (χ3v) is 4.23. The first-order chi connectivity index (χ1) is 12.0. The van der Waals surface area contributed by atoms with E-state index in [9.17, 15) is 9.59 Å². The molecule has 0 spiro atoms. The van der Waals surface area contributed by atoms with E-state index in [0.717, 1.165) is 0 Å². The predicted octanol–water partition coefficient (Wildman–Crippen LogP) is 1.20. The molecular formula is C14H12Cl2N4O5. The van der Waals surface area contributed by atoms with E-state index in [4.69, 9.17) is 33.0 Å². The number of aliphatic hydroxyl groups excluding tert-OH is 1. The van der Waals surface area contributed by atoms with Crippen molar-refractivity contribution in [3.8, 4) is 0 Å². The van der Waals surface area contributed by atoms with Gasteiger partial charge in [-0.2, -0.15) is 0 Å². The van der Waals surface area contributed by atoms with Gasteiger partial charge in [-0.25, -0.2) is 9.42 Å². The number of methoxy groups -OCH3 is 1. The van der Waals surface area contributed by atoms with Gasteiger partial charge in [-0.05, 0) is 16.4 Å². The molecule has 1 amide bonds. The molecule has 1 aliphatic heterocycles. The molecule has 132 valence electrons. The van der Waals surface area contributed by atoms with E-state index >= 15 is 0 Å². The average molecular weight is 387 g/mol. The average Bonchev–Trinajstić information content (AvgIpc) is 3.18. The maximum Gasteiger partial charge on any atom is 0.337 e. The Morgan fingerprint density at radius 2 is 2.12 bits per heavy atom. The number of carbonyl (C=O) groups excluding carboxylic acids is 2. The van der Waals surface area contributed by atoms with Crippen LogP contribution in [0.1, 0.15) is 0 Å². The number of fused-ring (bicyclic) bond motifs is 1. The third-order valence-electron chi connectivity index (χ3n) is 3.65. The lowest BCUT2D eigenvalue weighted by atomic mass is 10.2. The Bertz CT molecular complexity index is 895. The minimum atomic E-state index is -0.670. The van der Waals surface area contributed by atoms with Crippen LogP contribution in [0, 0.1) is 0 Å². The highest BCUT2D eigenvalue weighted by atomic mass is 35.5. The Labute approximate surface area is 151 Å². The van der Waals surface area contributed by atoms with Crippen LogP contribution in [0.4, 0.5) is 5.69 Å². The van der Waals surface area contributed by atoms with Gasteiger partial charge in [-0.1, -0.05) is 23.2 Å². The van der Waals surface area contributed by atoms with Crippen molar-refractivity contribution in [3.05, 3.63) is 27.4 Å². The van der Waals surface area contributed by atoms with Crippen LogP contribution in [0.25, 0.3) is 11.0 Å². The number of esters is 1. The normalized spacial score (nSPS) is 14.6. The van der Waals surface area contributed by atoms with Crippen LogP contribution in [0.2, 0.25) is 10.0 Å². The first kappa shape index (κ1) is 17.5. The second-order valence-electron chi connectivity index (χ2n) is 5.10. The largest absolute Gasteiger partial charge is 0.466 e. The summed E-state index contributed by atoms with van der Waals surface area (Å²) < 4.78 is 9.39. The predicted molar refractivity (Wildman–Crippen MR) is 88.2 cm³/mol. The number of aliphatic hydroxyl groups is 1. The first-order valence-electron chi connectivity index (χ1n) is 7.06. The molecule has 1 aromatic heterocycles. The van der Waals surface area contributed by atoms with Crippen molar-refractivity contribution in [2.45, 2.75) is 0 Å². The zero-order chi connectivity index (χ0) is 18.1. The van der Waals surface area contributed by atoms with Crippen molar-refractivity contribution in [1.82, 2.24) is 15.2 Å². The lowest BCUT2D eigenvalue weighted by Crippen LogP contribution is -2.31. The molecule has 2 N–H and O–H groups in total. The fourth-order valence-electron chi connectivity index (χ4n) is 2.47. The van der Waals surface area contributed by atoms with E-state index in [-0.39, 0.29) is 57.7 Å². The van der Waals surface area contributed by atoms with Crippen LogP contribution in [0.3, 0.4) is 0 Å². The zero-order valence-electron chi connectivity index (χ0n) is 12.9. The summed E-state index contributed by atoms with van der Waals surface area (Å²) in [4.78, 5) is 25.8. The molecule has 3 rings (SSSR count). The maximum atomic E-state index is 12.5. The number of aromatic nitrogens is 2. The van der Waals surface area contributed by atoms with E-state index < -0.39 is 11.9 Å². The quantitative estimate of drug-likeness (QED) is 0.735. The highest BCUT2D eigenvalue weighted by Gasteiger charge is 2.35. The van der Waals surface area contributed by atoms with E-state index in [0.29, 0.717) is 0 Å². The summed E-state index contributed by atoms with van der Waals surface area (Å²) in [6, 6.07) is 1.42. The number of nitrogens with one attached hydrogen (secondary N) is 1. The molecule has 2 heterocycles. The molecule has 1 aromatic carbocycles. The molecule has 11 heteroatoms. The monoisotopic (exact) mass is 386 g/mol. The van der Waals surface area contributed by atoms with Crippen LogP contribution in [0.15, 0.2) is 22.0 Å². The Hall–Kier alpha value is -2.36. The molecule has 0 fully saturated rings. The summed E-state index contributed by atoms with van der Waals surface area (Å²) in [5.74, 6) is -1.15. The summed E-state index contributed by atoms with van der Waals surface area (Å²) in [7, 11) is 1.21. The lowest BCUT2D eigenvalue weighted by Gasteiger charge is -2.15. The number of amides is 1. The van der Waals surface area contributed by atoms with Gasteiger partial charge in [0.25, 0.3) is 5.91 Å². The maximum absolute atomic E-state index is 12.5. The second-order valence-corrected chi connectivity index (χ2v) is 5.91. The number of hydrogen-bond acceptors (Lipinski definition) is 8. The van der Waals surface area contributed by atoms with Crippen LogP contribution in [0.5, 0.6) is 0 Å². The van der Waals surface area contributed by atoms with Gasteiger partial charge in [0, 0.05) is 6.54 Å². The van der Waals surface area contributed by atoms with E-state index in [1.807, 2.05) is 0 Å². The molecule has 25 heavy (non-hydrogen) atoms. The summed E-state index contributed by atoms with van der Waals surface area (Å²) in [6.07, 6.45) is 0. The number of benzene rings is 1. The van der Waals surface area contributed by atoms with Gasteiger partial charge in [-0.3, -0.25) is 4.79 Å². The topological polar surface area (TPSA) is 118 Å². The summed E-state index contributed by atoms with van der Waals surface area (Å²) in [5.41, 5.74) is 0.775. The van der Waals surface area contributed by atoms with Gasteiger partial charge in [0.1, 0.15) is 5.70 Å². The standard InChI is InChI=1S/C14H12Cl2N4O5/c1-24-14(23)6-5-20(2-3-21)13(22)9(6)17-10-7(15)4-8(16)11-12(10)19-25-18-11/h4,17,21H,2-3,5H2,1H3. The van der Waals surface area contributed by atoms with Crippen LogP contribution in [-0.4, -0.2) is 59.0 Å². The lowest BCUT2D eigenvalue weighted by molar-refractivity contribution is -0.136. The molecule has 0 unspecified atom stereocenters. The summed E-state index contributed by atoms with van der Waals surface area (Å²) in [6.45, 7) is -0.174. The number of β-amino-alcohol motifs (C(OH)–C–C–N with tert-alkyl or cyclic N) is 1. The Morgan fingerprint density at radius 1 is 1.40 bits per heavy atom. The zero-order valence-corrected chi connectivity index (χ0v) is 14.4. The van der Waals surface area contributed by atoms with Crippen LogP contribution >= 0.6 is 23.2 Å². The molecular weight excluding hydrogens is 375 g/mol. The minimum Gasteiger partial charge on any atom is -0.466 e. The Balaban J connectivity index is 2.07. The third kappa shape index (κ3) is 3.01. The van der Waals surface area contributed by atoms with E-state index in [2.05, 4.69) is 20.3 Å². The number of anilines is 1. The molecule has 9 nitrogen and oxygen atoms in total. The van der Waals surface area contributed by atoms with Gasteiger partial charge in [0.15, 0.2) is 11.0 Å². The van der Waals surface area contributed by atoms with Crippen LogP contribution in [-0.2, 0) is 14.3 Å². The Kier molecular flexibility index (Phi) is 4.80. The fourth-order valence-corrected chi connectivity index (χ4v) is 3.00. The number of ether oxygens (including phenoxy) is 1. The number of carbonyl (C=O) groups is 2. The van der Waals surface area contributed by atoms with Crippen molar-refractivity contribution in [2.24, 2.45) is 0 Å². The number of rotatable bonds is 5. The second kappa shape index (κ2) is 6.87. The molecule has 0 atom stereocenters. The molecule has 0 aliphatic carbocycles. The highest BCUT2D eigenvalue weighted by Crippen LogP contribution is 2.36. The molecule has 0 radical (unpaired) electrons. The molecule has 0 saturated carbocycles. The SMILES string of the molecule is COC(=O)C1=C(Nc2c(Cl)cc(Cl)c3nonc23)C(=O)N(CCO)C1. The molecule has 0 saturated heterocycles. The number of halogens is 2. The Morgan fingerprint density at radius 3 is 2.80 bits per heavy atom. The van der Waals surface area contributed by atoms with E-state index in [1.165, 1.54) is 18.1 Å². The molecule has 2 aromatic rings. The number of nitrogens with zero attached hydrogens (tertiary/aromatic N) is 3. The van der Waals surface area contributed by atoms with Crippen molar-refractivity contribution >= 4 is 51.8 Å². The minimum absolute atomic E-state index is 0.000181. The van der Waals surface area contributed by atoms with Gasteiger partial charge in [0.05, 0.1) is 41.6 Å². The van der Waals surface area contributed by atoms with Gasteiger partial charge < -0.3 is 20.1 Å². The van der Waals surface area contributed by atoms with Crippen molar-refractivity contribution in [3.63, 3.8) is 0 Å². The fraction of sp³-hybridized carbons (Fsp3) is 0.286. The molecule has 1 aliphatic rings. The highest BCUT2D eigenvalue weighted by molar-refractivity contribution is 6.40. The van der Waals surface area contributed by atoms with Gasteiger partial charge >= 0.3 is 5.97 Å². The van der Waals surface area contributed by atoms with Crippen molar-refractivity contribution in [1.29, 1.82) is 0 Å². The molecule has 0 bridgehead atoms. The number of hydrogen-bond donors (Lipinski definition) is 2. The van der Waals surface area contributed by atoms with Crippen molar-refractivity contribution < 1.29 is 24.1 Å². The summed E-state index contributed by atoms with van der Waals surface area (Å²) >= 11 is 12.2. The van der Waals surface area contributed by atoms with Crippen molar-refractivity contribution in [2.75, 3.05) is 32.1 Å².